The molecule has 0 unspecified atom stereocenters. The lowest BCUT2D eigenvalue weighted by molar-refractivity contribution is -0.127. The number of primary amides is 1. The molecule has 36 heavy (non-hydrogen) atoms. The predicted octanol–water partition coefficient (Wildman–Crippen LogP) is 1.67. The summed E-state index contributed by atoms with van der Waals surface area (Å²) in [7, 11) is 0. The molecule has 0 aliphatic carbocycles. The molecule has 1 aliphatic rings. The van der Waals surface area contributed by atoms with E-state index < -0.39 is 5.91 Å². The van der Waals surface area contributed by atoms with Crippen LogP contribution in [0.5, 0.6) is 0 Å². The molecule has 4 aromatic heterocycles. The van der Waals surface area contributed by atoms with Crippen LogP contribution >= 0.6 is 0 Å². The molecule has 182 valence electrons. The Bertz CT molecular complexity index is 1530. The van der Waals surface area contributed by atoms with Crippen LogP contribution in [0.15, 0.2) is 66.5 Å². The molecule has 1 saturated heterocycles. The summed E-state index contributed by atoms with van der Waals surface area (Å²) < 4.78 is 3.46. The van der Waals surface area contributed by atoms with Gasteiger partial charge in [0.1, 0.15) is 17.3 Å². The van der Waals surface area contributed by atoms with Crippen molar-refractivity contribution < 1.29 is 9.59 Å². The quantitative estimate of drug-likeness (QED) is 0.408. The summed E-state index contributed by atoms with van der Waals surface area (Å²) >= 11 is 0. The first-order chi connectivity index (χ1) is 17.4. The van der Waals surface area contributed by atoms with Crippen molar-refractivity contribution in [3.63, 3.8) is 0 Å². The number of carbonyl (C=O) groups excluding carboxylic acids is 2. The summed E-state index contributed by atoms with van der Waals surface area (Å²) in [5.74, 6) is 0.00422. The molecule has 4 N–H and O–H groups in total. The van der Waals surface area contributed by atoms with Gasteiger partial charge in [0.25, 0.3) is 5.91 Å². The SMILES string of the molecule is C=CC(=O)N1CCC[C@@H](n2nc(-c3ccc(-n4ccc(=O)cc4)nc3)c3c(N)ncc(C(N)=O)c32)C1. The van der Waals surface area contributed by atoms with Crippen LogP contribution in [0.1, 0.15) is 29.2 Å². The van der Waals surface area contributed by atoms with E-state index in [0.717, 1.165) is 12.8 Å². The Hall–Kier alpha value is -4.80. The summed E-state index contributed by atoms with van der Waals surface area (Å²) in [6.45, 7) is 4.61. The molecule has 0 aromatic carbocycles. The highest BCUT2D eigenvalue weighted by molar-refractivity contribution is 6.11. The fraction of sp³-hybridized carbons (Fsp3) is 0.200. The van der Waals surface area contributed by atoms with Crippen LogP contribution in [-0.2, 0) is 4.79 Å². The van der Waals surface area contributed by atoms with Gasteiger partial charge in [-0.3, -0.25) is 19.1 Å². The molecule has 5 heterocycles. The van der Waals surface area contributed by atoms with Crippen LogP contribution in [0.2, 0.25) is 0 Å². The number of pyridine rings is 3. The van der Waals surface area contributed by atoms with Crippen molar-refractivity contribution in [3.8, 4) is 17.1 Å². The second kappa shape index (κ2) is 9.10. The molecular weight excluding hydrogens is 460 g/mol. The van der Waals surface area contributed by atoms with Gasteiger partial charge >= 0.3 is 0 Å². The van der Waals surface area contributed by atoms with Gasteiger partial charge < -0.3 is 20.9 Å². The smallest absolute Gasteiger partial charge is 0.252 e. The topological polar surface area (TPSA) is 155 Å². The van der Waals surface area contributed by atoms with Crippen LogP contribution in [-0.4, -0.2) is 54.1 Å². The number of nitrogens with two attached hydrogens (primary N) is 2. The summed E-state index contributed by atoms with van der Waals surface area (Å²) in [4.78, 5) is 46.4. The fourth-order valence-electron chi connectivity index (χ4n) is 4.57. The maximum Gasteiger partial charge on any atom is 0.252 e. The lowest BCUT2D eigenvalue weighted by Crippen LogP contribution is -2.40. The minimum Gasteiger partial charge on any atom is -0.383 e. The zero-order valence-electron chi connectivity index (χ0n) is 19.4. The molecule has 0 radical (unpaired) electrons. The van der Waals surface area contributed by atoms with Crippen LogP contribution in [0.3, 0.4) is 0 Å². The number of anilines is 1. The second-order valence-corrected chi connectivity index (χ2v) is 8.57. The highest BCUT2D eigenvalue weighted by Crippen LogP contribution is 2.36. The molecule has 1 atom stereocenters. The minimum atomic E-state index is -0.651. The molecule has 2 amide bonds. The Morgan fingerprint density at radius 2 is 1.89 bits per heavy atom. The Balaban J connectivity index is 1.64. The molecule has 11 heteroatoms. The molecular formula is C25H24N8O3. The minimum absolute atomic E-state index is 0.0934. The number of amides is 2. The molecule has 1 fully saturated rings. The molecule has 0 saturated carbocycles. The van der Waals surface area contributed by atoms with E-state index >= 15 is 0 Å². The van der Waals surface area contributed by atoms with E-state index in [2.05, 4.69) is 16.5 Å². The van der Waals surface area contributed by atoms with E-state index in [9.17, 15) is 14.4 Å². The molecule has 0 spiro atoms. The van der Waals surface area contributed by atoms with Crippen molar-refractivity contribution in [1.82, 2.24) is 29.2 Å². The number of likely N-dealkylation sites (tertiary alicyclic amines) is 1. The summed E-state index contributed by atoms with van der Waals surface area (Å²) in [6, 6.07) is 6.32. The van der Waals surface area contributed by atoms with Crippen LogP contribution < -0.4 is 16.9 Å². The predicted molar refractivity (Wildman–Crippen MR) is 134 cm³/mol. The van der Waals surface area contributed by atoms with Crippen molar-refractivity contribution >= 4 is 28.5 Å². The van der Waals surface area contributed by atoms with Crippen molar-refractivity contribution in [2.75, 3.05) is 18.8 Å². The number of hydrogen-bond acceptors (Lipinski definition) is 7. The average Bonchev–Trinajstić information content (AvgIpc) is 3.30. The average molecular weight is 485 g/mol. The van der Waals surface area contributed by atoms with E-state index in [1.807, 2.05) is 6.07 Å². The van der Waals surface area contributed by atoms with Gasteiger partial charge in [-0.15, -0.1) is 0 Å². The Morgan fingerprint density at radius 3 is 2.56 bits per heavy atom. The van der Waals surface area contributed by atoms with Gasteiger partial charge in [0.15, 0.2) is 5.43 Å². The summed E-state index contributed by atoms with van der Waals surface area (Å²) in [6.07, 6.45) is 9.08. The number of piperidine rings is 1. The first-order valence-electron chi connectivity index (χ1n) is 11.4. The number of fused-ring (bicyclic) bond motifs is 1. The van der Waals surface area contributed by atoms with E-state index in [1.165, 1.54) is 24.4 Å². The first-order valence-corrected chi connectivity index (χ1v) is 11.4. The Morgan fingerprint density at radius 1 is 1.11 bits per heavy atom. The third-order valence-corrected chi connectivity index (χ3v) is 6.33. The molecule has 1 aliphatic heterocycles. The summed E-state index contributed by atoms with van der Waals surface area (Å²) in [5, 5.41) is 5.35. The number of aromatic nitrogens is 5. The maximum absolute atomic E-state index is 12.3. The lowest BCUT2D eigenvalue weighted by Gasteiger charge is -2.32. The van der Waals surface area contributed by atoms with Crippen molar-refractivity contribution in [1.29, 1.82) is 0 Å². The van der Waals surface area contributed by atoms with Crippen LogP contribution in [0.25, 0.3) is 28.0 Å². The van der Waals surface area contributed by atoms with Crippen molar-refractivity contribution in [3.05, 3.63) is 77.5 Å². The van der Waals surface area contributed by atoms with Crippen LogP contribution in [0.4, 0.5) is 5.82 Å². The van der Waals surface area contributed by atoms with Crippen LogP contribution in [0, 0.1) is 0 Å². The van der Waals surface area contributed by atoms with Crippen molar-refractivity contribution in [2.24, 2.45) is 5.73 Å². The van der Waals surface area contributed by atoms with E-state index in [-0.39, 0.29) is 28.8 Å². The van der Waals surface area contributed by atoms with Gasteiger partial charge in [-0.05, 0) is 31.1 Å². The lowest BCUT2D eigenvalue weighted by atomic mass is 10.0. The standard InChI is InChI=1S/C25H24N8O3/c1-2-20(35)32-9-3-4-16(14-32)33-23-18(25(27)36)13-29-24(26)21(23)22(30-33)15-5-6-19(28-12-15)31-10-7-17(34)8-11-31/h2,5-8,10-13,16H,1,3-4,9,14H2,(H2,26,29)(H2,27,36)/t16-/m1/s1. The molecule has 5 rings (SSSR count). The second-order valence-electron chi connectivity index (χ2n) is 8.57. The highest BCUT2D eigenvalue weighted by atomic mass is 16.2. The fourth-order valence-corrected chi connectivity index (χ4v) is 4.57. The summed E-state index contributed by atoms with van der Waals surface area (Å²) in [5.41, 5.74) is 13.7. The molecule has 4 aromatic rings. The first kappa shape index (κ1) is 23.0. The van der Waals surface area contributed by atoms with Gasteiger partial charge in [-0.25, -0.2) is 9.97 Å². The van der Waals surface area contributed by atoms with Crippen molar-refractivity contribution in [2.45, 2.75) is 18.9 Å². The number of rotatable bonds is 5. The van der Waals surface area contributed by atoms with Gasteiger partial charge in [0, 0.05) is 55.6 Å². The number of nitrogens with zero attached hydrogens (tertiary/aromatic N) is 6. The zero-order valence-corrected chi connectivity index (χ0v) is 19.4. The Kier molecular flexibility index (Phi) is 5.80. The van der Waals surface area contributed by atoms with E-state index in [1.54, 1.807) is 38.8 Å². The third-order valence-electron chi connectivity index (χ3n) is 6.33. The van der Waals surface area contributed by atoms with Gasteiger partial charge in [0.2, 0.25) is 5.91 Å². The normalized spacial score (nSPS) is 15.7. The monoisotopic (exact) mass is 484 g/mol. The number of nitrogen functional groups attached to an aromatic ring is 1. The number of carbonyl (C=O) groups is 2. The molecule has 11 nitrogen and oxygen atoms in total. The largest absolute Gasteiger partial charge is 0.383 e. The Labute approximate surface area is 205 Å². The molecule has 0 bridgehead atoms. The number of hydrogen-bond donors (Lipinski definition) is 2. The highest BCUT2D eigenvalue weighted by Gasteiger charge is 2.29. The van der Waals surface area contributed by atoms with Gasteiger partial charge in [0.05, 0.1) is 22.5 Å². The maximum atomic E-state index is 12.3. The van der Waals surface area contributed by atoms with Gasteiger partial charge in [-0.1, -0.05) is 6.58 Å². The van der Waals surface area contributed by atoms with E-state index in [4.69, 9.17) is 16.6 Å². The zero-order chi connectivity index (χ0) is 25.4. The van der Waals surface area contributed by atoms with Gasteiger partial charge in [-0.2, -0.15) is 5.10 Å². The third kappa shape index (κ3) is 4.00. The van der Waals surface area contributed by atoms with E-state index in [0.29, 0.717) is 41.1 Å².